The fourth-order valence-electron chi connectivity index (χ4n) is 1.53. The Labute approximate surface area is 86.3 Å². The highest BCUT2D eigenvalue weighted by molar-refractivity contribution is 8.13. The van der Waals surface area contributed by atoms with Crippen molar-refractivity contribution in [3.8, 4) is 0 Å². The summed E-state index contributed by atoms with van der Waals surface area (Å²) in [6, 6.07) is 0. The lowest BCUT2D eigenvalue weighted by atomic mass is 10.3. The first-order valence-corrected chi connectivity index (χ1v) is 6.07. The first-order valence-electron chi connectivity index (χ1n) is 5.08. The molecule has 0 aromatic carbocycles. The molecule has 0 radical (unpaired) electrons. The lowest BCUT2D eigenvalue weighted by molar-refractivity contribution is -0.920. The van der Waals surface area contributed by atoms with Crippen molar-refractivity contribution in [2.24, 2.45) is 0 Å². The zero-order valence-electron chi connectivity index (χ0n) is 9.30. The van der Waals surface area contributed by atoms with E-state index in [1.165, 1.54) is 31.4 Å². The predicted molar refractivity (Wildman–Crippen MR) is 59.9 cm³/mol. The molecule has 0 atom stereocenters. The van der Waals surface area contributed by atoms with E-state index < -0.39 is 0 Å². The van der Waals surface area contributed by atoms with Gasteiger partial charge in [-0.1, -0.05) is 11.8 Å². The van der Waals surface area contributed by atoms with Crippen molar-refractivity contribution in [3.63, 3.8) is 0 Å². The highest BCUT2D eigenvalue weighted by Gasteiger charge is 2.19. The highest BCUT2D eigenvalue weighted by atomic mass is 32.2. The van der Waals surface area contributed by atoms with Gasteiger partial charge in [0.25, 0.3) is 0 Å². The molecular formula is C10H22NOS+. The van der Waals surface area contributed by atoms with Gasteiger partial charge in [-0.3, -0.25) is 4.79 Å². The molecule has 2 nitrogen and oxygen atoms in total. The van der Waals surface area contributed by atoms with Gasteiger partial charge in [0, 0.05) is 6.92 Å². The molecule has 0 bridgehead atoms. The summed E-state index contributed by atoms with van der Waals surface area (Å²) in [6.45, 7) is 13.0. The summed E-state index contributed by atoms with van der Waals surface area (Å²) in [5.74, 6) is 0.963. The molecule has 0 saturated carbocycles. The van der Waals surface area contributed by atoms with Crippen LogP contribution >= 0.6 is 11.8 Å². The molecular weight excluding hydrogens is 182 g/mol. The van der Waals surface area contributed by atoms with Crippen LogP contribution in [0.4, 0.5) is 0 Å². The Bertz CT molecular complexity index is 147. The number of rotatable bonds is 6. The molecule has 0 rings (SSSR count). The van der Waals surface area contributed by atoms with Crippen molar-refractivity contribution in [3.05, 3.63) is 0 Å². The Kier molecular flexibility index (Phi) is 6.43. The Morgan fingerprint density at radius 1 is 1.15 bits per heavy atom. The molecule has 0 heterocycles. The van der Waals surface area contributed by atoms with Gasteiger partial charge in [0.05, 0.1) is 31.9 Å². The molecule has 0 aliphatic carbocycles. The second-order valence-corrected chi connectivity index (χ2v) is 4.63. The zero-order valence-corrected chi connectivity index (χ0v) is 10.1. The summed E-state index contributed by atoms with van der Waals surface area (Å²) in [5, 5.41) is 0.237. The van der Waals surface area contributed by atoms with Gasteiger partial charge in [0.2, 0.25) is 0 Å². The Morgan fingerprint density at radius 3 is 1.92 bits per heavy atom. The fourth-order valence-corrected chi connectivity index (χ4v) is 2.29. The standard InChI is InChI=1S/C10H22NOS/c1-5-11(6-2,7-3)8-9-13-10(4)12/h5-9H2,1-4H3/q+1. The van der Waals surface area contributed by atoms with Crippen LogP contribution in [0.5, 0.6) is 0 Å². The van der Waals surface area contributed by atoms with Gasteiger partial charge in [0.1, 0.15) is 0 Å². The second-order valence-electron chi connectivity index (χ2n) is 3.35. The van der Waals surface area contributed by atoms with Crippen molar-refractivity contribution in [1.29, 1.82) is 0 Å². The normalized spacial score (nSPS) is 11.7. The first-order chi connectivity index (χ1) is 6.10. The van der Waals surface area contributed by atoms with Crippen LogP contribution in [0.2, 0.25) is 0 Å². The largest absolute Gasteiger partial charge is 0.324 e. The third-order valence-electron chi connectivity index (χ3n) is 2.88. The molecule has 0 amide bonds. The van der Waals surface area contributed by atoms with Crippen LogP contribution in [-0.2, 0) is 4.79 Å². The second kappa shape index (κ2) is 6.44. The maximum atomic E-state index is 10.8. The third kappa shape index (κ3) is 4.67. The van der Waals surface area contributed by atoms with Gasteiger partial charge >= 0.3 is 0 Å². The molecule has 0 aliphatic rings. The van der Waals surface area contributed by atoms with Crippen LogP contribution < -0.4 is 0 Å². The molecule has 0 saturated heterocycles. The average Bonchev–Trinajstić information content (AvgIpc) is 2.13. The fraction of sp³-hybridized carbons (Fsp3) is 0.900. The molecule has 0 spiro atoms. The molecule has 13 heavy (non-hydrogen) atoms. The van der Waals surface area contributed by atoms with Crippen molar-refractivity contribution in [1.82, 2.24) is 0 Å². The maximum absolute atomic E-state index is 10.8. The lowest BCUT2D eigenvalue weighted by Crippen LogP contribution is -2.49. The van der Waals surface area contributed by atoms with Crippen LogP contribution in [0.1, 0.15) is 27.7 Å². The van der Waals surface area contributed by atoms with Gasteiger partial charge in [-0.2, -0.15) is 0 Å². The molecule has 0 aliphatic heterocycles. The van der Waals surface area contributed by atoms with Crippen molar-refractivity contribution < 1.29 is 9.28 Å². The van der Waals surface area contributed by atoms with Gasteiger partial charge < -0.3 is 4.48 Å². The van der Waals surface area contributed by atoms with E-state index in [0.29, 0.717) is 0 Å². The maximum Gasteiger partial charge on any atom is 0.186 e. The summed E-state index contributed by atoms with van der Waals surface area (Å²) >= 11 is 1.45. The van der Waals surface area contributed by atoms with Crippen molar-refractivity contribution >= 4 is 16.9 Å². The number of hydrogen-bond donors (Lipinski definition) is 0. The average molecular weight is 204 g/mol. The number of quaternary nitrogens is 1. The molecule has 78 valence electrons. The van der Waals surface area contributed by atoms with Crippen molar-refractivity contribution in [2.75, 3.05) is 31.9 Å². The summed E-state index contributed by atoms with van der Waals surface area (Å²) in [6.07, 6.45) is 0. The smallest absolute Gasteiger partial charge is 0.186 e. The zero-order chi connectivity index (χ0) is 10.3. The van der Waals surface area contributed by atoms with E-state index in [-0.39, 0.29) is 5.12 Å². The van der Waals surface area contributed by atoms with Crippen LogP contribution in [0.25, 0.3) is 0 Å². The van der Waals surface area contributed by atoms with Gasteiger partial charge in [-0.25, -0.2) is 0 Å². The number of thioether (sulfide) groups is 1. The molecule has 0 aromatic rings. The van der Waals surface area contributed by atoms with E-state index >= 15 is 0 Å². The molecule has 0 aromatic heterocycles. The Balaban J connectivity index is 3.88. The molecule has 0 fully saturated rings. The molecule has 0 unspecified atom stereocenters. The minimum Gasteiger partial charge on any atom is -0.324 e. The molecule has 3 heteroatoms. The van der Waals surface area contributed by atoms with Crippen LogP contribution in [0.15, 0.2) is 0 Å². The summed E-state index contributed by atoms with van der Waals surface area (Å²) in [4.78, 5) is 10.8. The topological polar surface area (TPSA) is 17.1 Å². The Hall–Kier alpha value is -0.0200. The number of nitrogens with zero attached hydrogens (tertiary/aromatic N) is 1. The van der Waals surface area contributed by atoms with Gasteiger partial charge in [-0.05, 0) is 20.8 Å². The lowest BCUT2D eigenvalue weighted by Gasteiger charge is -2.35. The van der Waals surface area contributed by atoms with Gasteiger partial charge in [0.15, 0.2) is 5.12 Å². The monoisotopic (exact) mass is 204 g/mol. The SMILES string of the molecule is CC[N+](CC)(CC)CCSC(C)=O. The number of carbonyl (C=O) groups excluding carboxylic acids is 1. The van der Waals surface area contributed by atoms with E-state index in [4.69, 9.17) is 0 Å². The summed E-state index contributed by atoms with van der Waals surface area (Å²) < 4.78 is 1.14. The number of carbonyl (C=O) groups is 1. The summed E-state index contributed by atoms with van der Waals surface area (Å²) in [5.41, 5.74) is 0. The highest BCUT2D eigenvalue weighted by Crippen LogP contribution is 2.09. The van der Waals surface area contributed by atoms with E-state index in [1.807, 2.05) is 0 Å². The van der Waals surface area contributed by atoms with Gasteiger partial charge in [-0.15, -0.1) is 0 Å². The van der Waals surface area contributed by atoms with Crippen LogP contribution in [-0.4, -0.2) is 41.5 Å². The van der Waals surface area contributed by atoms with E-state index in [2.05, 4.69) is 20.8 Å². The first kappa shape index (κ1) is 13.0. The summed E-state index contributed by atoms with van der Waals surface area (Å²) in [7, 11) is 0. The van der Waals surface area contributed by atoms with E-state index in [9.17, 15) is 4.79 Å². The van der Waals surface area contributed by atoms with E-state index in [0.717, 1.165) is 16.8 Å². The number of hydrogen-bond acceptors (Lipinski definition) is 2. The minimum absolute atomic E-state index is 0.237. The molecule has 0 N–H and O–H groups in total. The van der Waals surface area contributed by atoms with Crippen molar-refractivity contribution in [2.45, 2.75) is 27.7 Å². The van der Waals surface area contributed by atoms with Crippen LogP contribution in [0, 0.1) is 0 Å². The Morgan fingerprint density at radius 2 is 1.62 bits per heavy atom. The van der Waals surface area contributed by atoms with E-state index in [1.54, 1.807) is 6.92 Å². The quantitative estimate of drug-likeness (QED) is 0.617. The predicted octanol–water partition coefficient (Wildman–Crippen LogP) is 2.14. The third-order valence-corrected chi connectivity index (χ3v) is 3.68. The van der Waals surface area contributed by atoms with Crippen LogP contribution in [0.3, 0.4) is 0 Å². The minimum atomic E-state index is 0.237.